The third-order valence-electron chi connectivity index (χ3n) is 5.14. The van der Waals surface area contributed by atoms with Gasteiger partial charge in [-0.2, -0.15) is 0 Å². The first-order valence-electron chi connectivity index (χ1n) is 8.13. The first-order valence-corrected chi connectivity index (χ1v) is 8.13. The average Bonchev–Trinajstić information content (AvgIpc) is 2.88. The van der Waals surface area contributed by atoms with Crippen molar-refractivity contribution in [1.82, 2.24) is 18.7 Å². The van der Waals surface area contributed by atoms with Crippen LogP contribution in [0, 0.1) is 5.92 Å². The fourth-order valence-corrected chi connectivity index (χ4v) is 3.49. The van der Waals surface area contributed by atoms with Gasteiger partial charge in [-0.3, -0.25) is 13.9 Å². The molecule has 1 fully saturated rings. The highest BCUT2D eigenvalue weighted by atomic mass is 16.3. The molecule has 1 N–H and O–H groups in total. The van der Waals surface area contributed by atoms with Crippen LogP contribution in [-0.4, -0.2) is 29.4 Å². The summed E-state index contributed by atoms with van der Waals surface area (Å²) in [7, 11) is 3.40. The van der Waals surface area contributed by atoms with E-state index in [0.29, 0.717) is 23.6 Å². The summed E-state index contributed by atoms with van der Waals surface area (Å²) in [6.07, 6.45) is 5.79. The number of aliphatic hydroxyl groups is 1. The van der Waals surface area contributed by atoms with E-state index in [2.05, 4.69) is 4.98 Å². The number of imidazole rings is 1. The van der Waals surface area contributed by atoms with Gasteiger partial charge in [-0.25, -0.2) is 9.78 Å². The second kappa shape index (κ2) is 5.63. The summed E-state index contributed by atoms with van der Waals surface area (Å²) in [4.78, 5) is 29.2. The van der Waals surface area contributed by atoms with E-state index in [-0.39, 0.29) is 11.2 Å². The van der Waals surface area contributed by atoms with Gasteiger partial charge >= 0.3 is 5.69 Å². The zero-order valence-corrected chi connectivity index (χ0v) is 13.9. The summed E-state index contributed by atoms with van der Waals surface area (Å²) in [5.74, 6) is 0.453. The van der Waals surface area contributed by atoms with Gasteiger partial charge in [0, 0.05) is 20.6 Å². The maximum Gasteiger partial charge on any atom is 0.332 e. The van der Waals surface area contributed by atoms with E-state index in [1.165, 1.54) is 9.13 Å². The maximum absolute atomic E-state index is 12.6. The lowest BCUT2D eigenvalue weighted by molar-refractivity contribution is 0.00636. The van der Waals surface area contributed by atoms with Crippen LogP contribution in [-0.2, 0) is 20.6 Å². The van der Waals surface area contributed by atoms with E-state index in [1.54, 1.807) is 25.0 Å². The molecule has 0 saturated heterocycles. The van der Waals surface area contributed by atoms with Crippen molar-refractivity contribution in [1.29, 1.82) is 0 Å². The van der Waals surface area contributed by atoms with Gasteiger partial charge in [0.1, 0.15) is 0 Å². The standard InChI is InChI=1S/C16H24N4O3/c1-16(23)7-4-11(5-8-16)6-9-20-14(21)12-13(17-10-18(12)2)19(3)15(20)22/h10-11,23H,4-9H2,1-3H3/t11-,16-. The fraction of sp³-hybridized carbons (Fsp3) is 0.688. The third kappa shape index (κ3) is 2.85. The predicted molar refractivity (Wildman–Crippen MR) is 87.4 cm³/mol. The zero-order chi connectivity index (χ0) is 16.8. The van der Waals surface area contributed by atoms with Gasteiger partial charge in [-0.1, -0.05) is 0 Å². The van der Waals surface area contributed by atoms with Crippen LogP contribution in [0.1, 0.15) is 39.0 Å². The molecule has 3 rings (SSSR count). The molecule has 1 aliphatic rings. The number of fused-ring (bicyclic) bond motifs is 1. The third-order valence-corrected chi connectivity index (χ3v) is 5.14. The van der Waals surface area contributed by atoms with Crippen molar-refractivity contribution < 1.29 is 5.11 Å². The van der Waals surface area contributed by atoms with Gasteiger partial charge in [-0.15, -0.1) is 0 Å². The van der Waals surface area contributed by atoms with Crippen LogP contribution >= 0.6 is 0 Å². The quantitative estimate of drug-likeness (QED) is 0.905. The summed E-state index contributed by atoms with van der Waals surface area (Å²) in [6.45, 7) is 2.29. The highest BCUT2D eigenvalue weighted by Crippen LogP contribution is 2.33. The van der Waals surface area contributed by atoms with E-state index < -0.39 is 5.60 Å². The Morgan fingerprint density at radius 1 is 1.30 bits per heavy atom. The number of aryl methyl sites for hydroxylation is 2. The van der Waals surface area contributed by atoms with Gasteiger partial charge in [0.2, 0.25) is 0 Å². The Kier molecular flexibility index (Phi) is 3.91. The Morgan fingerprint density at radius 3 is 2.61 bits per heavy atom. The molecule has 0 bridgehead atoms. The van der Waals surface area contributed by atoms with Crippen LogP contribution in [0.4, 0.5) is 0 Å². The smallest absolute Gasteiger partial charge is 0.332 e. The van der Waals surface area contributed by atoms with Crippen LogP contribution in [0.15, 0.2) is 15.9 Å². The molecule has 0 aliphatic heterocycles. The van der Waals surface area contributed by atoms with E-state index in [1.807, 2.05) is 6.92 Å². The van der Waals surface area contributed by atoms with Crippen molar-refractivity contribution in [3.8, 4) is 0 Å². The Hall–Kier alpha value is -1.89. The van der Waals surface area contributed by atoms with E-state index in [4.69, 9.17) is 0 Å². The molecule has 2 aromatic heterocycles. The lowest BCUT2D eigenvalue weighted by Gasteiger charge is -2.33. The zero-order valence-electron chi connectivity index (χ0n) is 13.9. The van der Waals surface area contributed by atoms with Gasteiger partial charge in [0.15, 0.2) is 11.2 Å². The molecule has 7 nitrogen and oxygen atoms in total. The lowest BCUT2D eigenvalue weighted by atomic mass is 9.79. The highest BCUT2D eigenvalue weighted by Gasteiger charge is 2.28. The van der Waals surface area contributed by atoms with Crippen LogP contribution in [0.2, 0.25) is 0 Å². The van der Waals surface area contributed by atoms with Crippen molar-refractivity contribution in [3.63, 3.8) is 0 Å². The molecule has 0 radical (unpaired) electrons. The molecule has 126 valence electrons. The summed E-state index contributed by atoms with van der Waals surface area (Å²) in [5, 5.41) is 10.0. The Morgan fingerprint density at radius 2 is 1.96 bits per heavy atom. The van der Waals surface area contributed by atoms with Crippen molar-refractivity contribution >= 4 is 11.2 Å². The number of hydrogen-bond donors (Lipinski definition) is 1. The minimum atomic E-state index is -0.558. The first-order chi connectivity index (χ1) is 10.8. The molecule has 23 heavy (non-hydrogen) atoms. The molecule has 1 aliphatic carbocycles. The summed E-state index contributed by atoms with van der Waals surface area (Å²) >= 11 is 0. The van der Waals surface area contributed by atoms with Crippen molar-refractivity contribution in [2.45, 2.75) is 51.2 Å². The normalized spacial score (nSPS) is 25.1. The number of aromatic nitrogens is 4. The fourth-order valence-electron chi connectivity index (χ4n) is 3.49. The van der Waals surface area contributed by atoms with Crippen LogP contribution in [0.3, 0.4) is 0 Å². The Labute approximate surface area is 134 Å². The second-order valence-corrected chi connectivity index (χ2v) is 7.06. The van der Waals surface area contributed by atoms with Crippen molar-refractivity contribution in [3.05, 3.63) is 27.2 Å². The molecule has 0 aromatic carbocycles. The van der Waals surface area contributed by atoms with Crippen molar-refractivity contribution in [2.24, 2.45) is 20.0 Å². The molecule has 7 heteroatoms. The Balaban J connectivity index is 1.85. The predicted octanol–water partition coefficient (Wildman–Crippen LogP) is 0.765. The minimum absolute atomic E-state index is 0.272. The van der Waals surface area contributed by atoms with E-state index in [9.17, 15) is 14.7 Å². The number of nitrogens with zero attached hydrogens (tertiary/aromatic N) is 4. The average molecular weight is 320 g/mol. The molecule has 1 saturated carbocycles. The molecule has 0 spiro atoms. The van der Waals surface area contributed by atoms with E-state index in [0.717, 1.165) is 32.1 Å². The largest absolute Gasteiger partial charge is 0.390 e. The van der Waals surface area contributed by atoms with Crippen molar-refractivity contribution in [2.75, 3.05) is 0 Å². The Bertz CT molecular complexity index is 833. The highest BCUT2D eigenvalue weighted by molar-refractivity contribution is 5.69. The number of hydrogen-bond acceptors (Lipinski definition) is 4. The van der Waals surface area contributed by atoms with Crippen LogP contribution in [0.25, 0.3) is 11.2 Å². The number of rotatable bonds is 3. The van der Waals surface area contributed by atoms with Gasteiger partial charge in [0.05, 0.1) is 11.9 Å². The van der Waals surface area contributed by atoms with Gasteiger partial charge in [0.25, 0.3) is 5.56 Å². The molecular weight excluding hydrogens is 296 g/mol. The molecule has 2 heterocycles. The van der Waals surface area contributed by atoms with E-state index >= 15 is 0 Å². The topological polar surface area (TPSA) is 82.1 Å². The van der Waals surface area contributed by atoms with Crippen LogP contribution < -0.4 is 11.2 Å². The van der Waals surface area contributed by atoms with Gasteiger partial charge < -0.3 is 9.67 Å². The summed E-state index contributed by atoms with van der Waals surface area (Å²) < 4.78 is 4.41. The minimum Gasteiger partial charge on any atom is -0.390 e. The lowest BCUT2D eigenvalue weighted by Crippen LogP contribution is -2.40. The first kappa shape index (κ1) is 16.0. The molecule has 2 aromatic rings. The van der Waals surface area contributed by atoms with Crippen LogP contribution in [0.5, 0.6) is 0 Å². The van der Waals surface area contributed by atoms with Gasteiger partial charge in [-0.05, 0) is 44.9 Å². The molecule has 0 unspecified atom stereocenters. The molecular formula is C16H24N4O3. The summed E-state index contributed by atoms with van der Waals surface area (Å²) in [6, 6.07) is 0. The monoisotopic (exact) mass is 320 g/mol. The summed E-state index contributed by atoms with van der Waals surface area (Å²) in [5.41, 5.74) is -0.266. The maximum atomic E-state index is 12.6. The molecule has 0 amide bonds. The SMILES string of the molecule is Cn1cnc2c1c(=O)n(CC[C@H]1CC[C@](C)(O)CC1)c(=O)n2C. The molecule has 0 atom stereocenters. The second-order valence-electron chi connectivity index (χ2n) is 7.06.